The van der Waals surface area contributed by atoms with Crippen LogP contribution >= 0.6 is 27.7 Å². The molecular formula is C15H18BrNO2S. The molecular weight excluding hydrogens is 338 g/mol. The normalized spacial score (nSPS) is 14.1. The summed E-state index contributed by atoms with van der Waals surface area (Å²) >= 11 is 4.86. The molecule has 0 heterocycles. The molecule has 1 amide bonds. The molecule has 20 heavy (non-hydrogen) atoms. The standard InChI is InChI=1S/C15H18BrNO2S/c1-11(18)9-20-10-15(19)17(14-5-6-14)8-12-3-2-4-13(16)7-12/h2-4,7,14H,5-6,8-10H2,1H3. The largest absolute Gasteiger partial charge is 0.335 e. The second-order valence-electron chi connectivity index (χ2n) is 5.08. The maximum Gasteiger partial charge on any atom is 0.233 e. The van der Waals surface area contributed by atoms with E-state index in [0.717, 1.165) is 22.9 Å². The van der Waals surface area contributed by atoms with Gasteiger partial charge in [0.1, 0.15) is 5.78 Å². The maximum atomic E-state index is 12.3. The third-order valence-electron chi connectivity index (χ3n) is 3.08. The van der Waals surface area contributed by atoms with Gasteiger partial charge in [-0.05, 0) is 37.5 Å². The lowest BCUT2D eigenvalue weighted by Gasteiger charge is -2.22. The summed E-state index contributed by atoms with van der Waals surface area (Å²) in [4.78, 5) is 25.1. The van der Waals surface area contributed by atoms with Crippen LogP contribution in [0.3, 0.4) is 0 Å². The number of thioether (sulfide) groups is 1. The fourth-order valence-electron chi connectivity index (χ4n) is 2.00. The molecule has 1 fully saturated rings. The molecule has 3 nitrogen and oxygen atoms in total. The molecule has 108 valence electrons. The van der Waals surface area contributed by atoms with Crippen LogP contribution in [0.15, 0.2) is 28.7 Å². The van der Waals surface area contributed by atoms with Crippen molar-refractivity contribution in [2.24, 2.45) is 0 Å². The minimum absolute atomic E-state index is 0.118. The summed E-state index contributed by atoms with van der Waals surface area (Å²) in [5.41, 5.74) is 1.14. The molecule has 0 aliphatic heterocycles. The Labute approximate surface area is 132 Å². The van der Waals surface area contributed by atoms with E-state index in [1.165, 1.54) is 11.8 Å². The van der Waals surface area contributed by atoms with E-state index in [2.05, 4.69) is 15.9 Å². The summed E-state index contributed by atoms with van der Waals surface area (Å²) in [5.74, 6) is 1.07. The fraction of sp³-hybridized carbons (Fsp3) is 0.467. The number of carbonyl (C=O) groups is 2. The van der Waals surface area contributed by atoms with Gasteiger partial charge in [0.15, 0.2) is 0 Å². The zero-order chi connectivity index (χ0) is 14.5. The van der Waals surface area contributed by atoms with Gasteiger partial charge in [0, 0.05) is 17.1 Å². The third kappa shape index (κ3) is 4.94. The van der Waals surface area contributed by atoms with E-state index in [-0.39, 0.29) is 11.7 Å². The second kappa shape index (κ2) is 7.27. The van der Waals surface area contributed by atoms with Crippen LogP contribution in [0.25, 0.3) is 0 Å². The Balaban J connectivity index is 1.93. The van der Waals surface area contributed by atoms with Gasteiger partial charge in [0.05, 0.1) is 11.5 Å². The lowest BCUT2D eigenvalue weighted by Crippen LogP contribution is -2.34. The Hall–Kier alpha value is -0.810. The van der Waals surface area contributed by atoms with Crippen LogP contribution in [0.4, 0.5) is 0 Å². The van der Waals surface area contributed by atoms with E-state index in [4.69, 9.17) is 0 Å². The highest BCUT2D eigenvalue weighted by Gasteiger charge is 2.32. The Bertz CT molecular complexity index is 502. The molecule has 2 rings (SSSR count). The number of ketones is 1. The van der Waals surface area contributed by atoms with Crippen molar-refractivity contribution in [3.63, 3.8) is 0 Å². The summed E-state index contributed by atoms with van der Waals surface area (Å²) in [6.45, 7) is 2.21. The van der Waals surface area contributed by atoms with Crippen molar-refractivity contribution in [1.29, 1.82) is 0 Å². The van der Waals surface area contributed by atoms with Crippen LogP contribution in [-0.4, -0.2) is 34.1 Å². The number of amides is 1. The molecule has 1 aromatic rings. The topological polar surface area (TPSA) is 37.4 Å². The fourth-order valence-corrected chi connectivity index (χ4v) is 3.18. The number of nitrogens with zero attached hydrogens (tertiary/aromatic N) is 1. The van der Waals surface area contributed by atoms with E-state index in [1.807, 2.05) is 29.2 Å². The van der Waals surface area contributed by atoms with Crippen molar-refractivity contribution in [3.8, 4) is 0 Å². The first-order valence-electron chi connectivity index (χ1n) is 6.67. The monoisotopic (exact) mass is 355 g/mol. The number of rotatable bonds is 7. The Morgan fingerprint density at radius 1 is 1.35 bits per heavy atom. The van der Waals surface area contributed by atoms with Crippen LogP contribution in [0, 0.1) is 0 Å². The summed E-state index contributed by atoms with van der Waals surface area (Å²) in [6, 6.07) is 8.44. The minimum Gasteiger partial charge on any atom is -0.335 e. The average Bonchev–Trinajstić information content (AvgIpc) is 3.19. The van der Waals surface area contributed by atoms with E-state index in [0.29, 0.717) is 24.1 Å². The van der Waals surface area contributed by atoms with E-state index in [9.17, 15) is 9.59 Å². The van der Waals surface area contributed by atoms with Gasteiger partial charge in [-0.1, -0.05) is 28.1 Å². The number of hydrogen-bond donors (Lipinski definition) is 0. The zero-order valence-corrected chi connectivity index (χ0v) is 13.9. The van der Waals surface area contributed by atoms with Gasteiger partial charge < -0.3 is 4.90 Å². The van der Waals surface area contributed by atoms with Crippen molar-refractivity contribution in [2.45, 2.75) is 32.4 Å². The molecule has 5 heteroatoms. The van der Waals surface area contributed by atoms with Crippen molar-refractivity contribution in [2.75, 3.05) is 11.5 Å². The SMILES string of the molecule is CC(=O)CSCC(=O)N(Cc1cccc(Br)c1)C1CC1. The van der Waals surface area contributed by atoms with Gasteiger partial charge >= 0.3 is 0 Å². The molecule has 0 atom stereocenters. The summed E-state index contributed by atoms with van der Waals surface area (Å²) < 4.78 is 1.03. The molecule has 1 aliphatic rings. The Kier molecular flexibility index (Phi) is 5.66. The first-order valence-corrected chi connectivity index (χ1v) is 8.62. The Morgan fingerprint density at radius 2 is 2.10 bits per heavy atom. The zero-order valence-electron chi connectivity index (χ0n) is 11.5. The highest BCUT2D eigenvalue weighted by atomic mass is 79.9. The van der Waals surface area contributed by atoms with Crippen molar-refractivity contribution < 1.29 is 9.59 Å². The van der Waals surface area contributed by atoms with Crippen LogP contribution in [0.5, 0.6) is 0 Å². The molecule has 0 unspecified atom stereocenters. The molecule has 0 N–H and O–H groups in total. The van der Waals surface area contributed by atoms with Crippen molar-refractivity contribution in [1.82, 2.24) is 4.90 Å². The van der Waals surface area contributed by atoms with Gasteiger partial charge in [-0.15, -0.1) is 11.8 Å². The lowest BCUT2D eigenvalue weighted by atomic mass is 10.2. The number of hydrogen-bond acceptors (Lipinski definition) is 3. The quantitative estimate of drug-likeness (QED) is 0.753. The van der Waals surface area contributed by atoms with Gasteiger partial charge in [0.2, 0.25) is 5.91 Å². The molecule has 0 aromatic heterocycles. The van der Waals surface area contributed by atoms with E-state index < -0.39 is 0 Å². The molecule has 0 saturated heterocycles. The molecule has 1 aliphatic carbocycles. The van der Waals surface area contributed by atoms with Crippen molar-refractivity contribution >= 4 is 39.4 Å². The number of benzene rings is 1. The number of Topliss-reactive ketones (excluding diaryl/α,β-unsaturated/α-hetero) is 1. The first kappa shape index (κ1) is 15.6. The average molecular weight is 356 g/mol. The summed E-state index contributed by atoms with van der Waals surface area (Å²) in [7, 11) is 0. The van der Waals surface area contributed by atoms with Crippen LogP contribution in [-0.2, 0) is 16.1 Å². The Morgan fingerprint density at radius 3 is 2.70 bits per heavy atom. The maximum absolute atomic E-state index is 12.3. The van der Waals surface area contributed by atoms with E-state index >= 15 is 0 Å². The predicted octanol–water partition coefficient (Wildman–Crippen LogP) is 3.26. The molecule has 0 radical (unpaired) electrons. The summed E-state index contributed by atoms with van der Waals surface area (Å²) in [6.07, 6.45) is 2.19. The molecule has 0 bridgehead atoms. The number of carbonyl (C=O) groups excluding carboxylic acids is 2. The first-order chi connectivity index (χ1) is 9.56. The molecule has 0 spiro atoms. The smallest absolute Gasteiger partial charge is 0.233 e. The van der Waals surface area contributed by atoms with Crippen LogP contribution < -0.4 is 0 Å². The van der Waals surface area contributed by atoms with Crippen LogP contribution in [0.2, 0.25) is 0 Å². The third-order valence-corrected chi connectivity index (χ3v) is 4.64. The highest BCUT2D eigenvalue weighted by molar-refractivity contribution is 9.10. The van der Waals surface area contributed by atoms with E-state index in [1.54, 1.807) is 6.92 Å². The highest BCUT2D eigenvalue weighted by Crippen LogP contribution is 2.29. The van der Waals surface area contributed by atoms with Crippen LogP contribution in [0.1, 0.15) is 25.3 Å². The van der Waals surface area contributed by atoms with Gasteiger partial charge in [-0.2, -0.15) is 0 Å². The minimum atomic E-state index is 0.118. The van der Waals surface area contributed by atoms with Gasteiger partial charge in [0.25, 0.3) is 0 Å². The van der Waals surface area contributed by atoms with Crippen molar-refractivity contribution in [3.05, 3.63) is 34.3 Å². The second-order valence-corrected chi connectivity index (χ2v) is 6.98. The predicted molar refractivity (Wildman–Crippen MR) is 85.7 cm³/mol. The van der Waals surface area contributed by atoms with Gasteiger partial charge in [-0.25, -0.2) is 0 Å². The summed E-state index contributed by atoms with van der Waals surface area (Å²) in [5, 5.41) is 0. The number of halogens is 1. The lowest BCUT2D eigenvalue weighted by molar-refractivity contribution is -0.129. The molecule has 1 saturated carbocycles. The van der Waals surface area contributed by atoms with Gasteiger partial charge in [-0.3, -0.25) is 9.59 Å². The molecule has 1 aromatic carbocycles.